The van der Waals surface area contributed by atoms with Gasteiger partial charge in [0.1, 0.15) is 12.6 Å². The summed E-state index contributed by atoms with van der Waals surface area (Å²) in [6.07, 6.45) is 0. The van der Waals surface area contributed by atoms with Crippen molar-refractivity contribution in [2.75, 3.05) is 25.1 Å². The molecule has 0 unspecified atom stereocenters. The molecule has 3 rings (SSSR count). The second-order valence-corrected chi connectivity index (χ2v) is 6.95. The number of rotatable bonds is 6. The second kappa shape index (κ2) is 8.79. The number of amides is 2. The molecular formula is C19H20N2O5S. The molecular weight excluding hydrogens is 368 g/mol. The fourth-order valence-corrected chi connectivity index (χ4v) is 3.42. The van der Waals surface area contributed by atoms with E-state index in [1.807, 2.05) is 17.5 Å². The van der Waals surface area contributed by atoms with E-state index in [0.717, 1.165) is 4.88 Å². The summed E-state index contributed by atoms with van der Waals surface area (Å²) >= 11 is 1.53. The Morgan fingerprint density at radius 3 is 2.74 bits per heavy atom. The standard InChI is InChI=1S/C19H20N2O5S/c1-2-26-19(24)13-5-7-14(8-6-13)20-18(23)16-11-25-12-17(22)21(16)10-15-4-3-9-27-15/h3-9,16H,2,10-12H2,1H3,(H,20,23)/t16-/m0/s1. The number of carbonyl (C=O) groups excluding carboxylic acids is 3. The Bertz CT molecular complexity index is 804. The number of benzene rings is 1. The van der Waals surface area contributed by atoms with Gasteiger partial charge in [0, 0.05) is 10.6 Å². The molecule has 0 spiro atoms. The monoisotopic (exact) mass is 388 g/mol. The van der Waals surface area contributed by atoms with Crippen molar-refractivity contribution in [3.8, 4) is 0 Å². The lowest BCUT2D eigenvalue weighted by atomic mass is 10.1. The first-order valence-electron chi connectivity index (χ1n) is 8.56. The molecule has 2 amide bonds. The Morgan fingerprint density at radius 2 is 2.07 bits per heavy atom. The number of nitrogens with zero attached hydrogens (tertiary/aromatic N) is 1. The van der Waals surface area contributed by atoms with Gasteiger partial charge < -0.3 is 19.7 Å². The predicted octanol–water partition coefficient (Wildman–Crippen LogP) is 2.29. The van der Waals surface area contributed by atoms with Crippen molar-refractivity contribution in [1.29, 1.82) is 0 Å². The van der Waals surface area contributed by atoms with E-state index in [-0.39, 0.29) is 25.0 Å². The molecule has 1 saturated heterocycles. The third kappa shape index (κ3) is 4.72. The third-order valence-electron chi connectivity index (χ3n) is 4.07. The molecule has 1 atom stereocenters. The first-order chi connectivity index (χ1) is 13.1. The number of thiophene rings is 1. The van der Waals surface area contributed by atoms with Crippen LogP contribution in [0.3, 0.4) is 0 Å². The average Bonchev–Trinajstić information content (AvgIpc) is 3.17. The molecule has 142 valence electrons. The number of anilines is 1. The molecule has 1 aliphatic rings. The zero-order chi connectivity index (χ0) is 19.2. The lowest BCUT2D eigenvalue weighted by Gasteiger charge is -2.34. The lowest BCUT2D eigenvalue weighted by Crippen LogP contribution is -2.54. The molecule has 0 bridgehead atoms. The average molecular weight is 388 g/mol. The van der Waals surface area contributed by atoms with Crippen molar-refractivity contribution >= 4 is 34.8 Å². The Morgan fingerprint density at radius 1 is 1.30 bits per heavy atom. The summed E-state index contributed by atoms with van der Waals surface area (Å²) in [6, 6.07) is 9.54. The zero-order valence-electron chi connectivity index (χ0n) is 14.8. The van der Waals surface area contributed by atoms with Crippen molar-refractivity contribution in [3.63, 3.8) is 0 Å². The predicted molar refractivity (Wildman–Crippen MR) is 101 cm³/mol. The highest BCUT2D eigenvalue weighted by molar-refractivity contribution is 7.09. The van der Waals surface area contributed by atoms with E-state index in [9.17, 15) is 14.4 Å². The van der Waals surface area contributed by atoms with Crippen molar-refractivity contribution in [2.45, 2.75) is 19.5 Å². The number of nitrogens with one attached hydrogen (secondary N) is 1. The highest BCUT2D eigenvalue weighted by Gasteiger charge is 2.34. The van der Waals surface area contributed by atoms with Gasteiger partial charge in [0.25, 0.3) is 0 Å². The first-order valence-corrected chi connectivity index (χ1v) is 9.44. The number of hydrogen-bond donors (Lipinski definition) is 1. The van der Waals surface area contributed by atoms with Crippen LogP contribution in [0.5, 0.6) is 0 Å². The minimum Gasteiger partial charge on any atom is -0.462 e. The van der Waals surface area contributed by atoms with Crippen LogP contribution in [0.4, 0.5) is 5.69 Å². The minimum absolute atomic E-state index is 0.0244. The maximum absolute atomic E-state index is 12.7. The number of morpholine rings is 1. The van der Waals surface area contributed by atoms with Crippen molar-refractivity contribution in [1.82, 2.24) is 4.90 Å². The molecule has 1 aromatic carbocycles. The van der Waals surface area contributed by atoms with Crippen LogP contribution in [-0.4, -0.2) is 48.5 Å². The maximum atomic E-state index is 12.7. The van der Waals surface area contributed by atoms with Crippen LogP contribution in [0.1, 0.15) is 22.2 Å². The number of carbonyl (C=O) groups is 3. The third-order valence-corrected chi connectivity index (χ3v) is 4.93. The van der Waals surface area contributed by atoms with Gasteiger partial charge in [-0.3, -0.25) is 9.59 Å². The minimum atomic E-state index is -0.710. The zero-order valence-corrected chi connectivity index (χ0v) is 15.7. The summed E-state index contributed by atoms with van der Waals surface area (Å²) in [4.78, 5) is 39.2. The van der Waals surface area contributed by atoms with Crippen LogP contribution in [-0.2, 0) is 25.6 Å². The molecule has 27 heavy (non-hydrogen) atoms. The molecule has 1 fully saturated rings. The number of hydrogen-bond acceptors (Lipinski definition) is 6. The van der Waals surface area contributed by atoms with Crippen LogP contribution >= 0.6 is 11.3 Å². The first kappa shape index (κ1) is 19.1. The topological polar surface area (TPSA) is 84.9 Å². The number of esters is 1. The van der Waals surface area contributed by atoms with E-state index in [0.29, 0.717) is 24.4 Å². The Labute approximate surface area is 160 Å². The summed E-state index contributed by atoms with van der Waals surface area (Å²) in [6.45, 7) is 2.53. The van der Waals surface area contributed by atoms with Crippen LogP contribution in [0.15, 0.2) is 41.8 Å². The van der Waals surface area contributed by atoms with Gasteiger partial charge in [-0.05, 0) is 42.6 Å². The molecule has 0 saturated carbocycles. The quantitative estimate of drug-likeness (QED) is 0.768. The van der Waals surface area contributed by atoms with Gasteiger partial charge in [-0.15, -0.1) is 11.3 Å². The molecule has 1 N–H and O–H groups in total. The van der Waals surface area contributed by atoms with E-state index < -0.39 is 12.0 Å². The van der Waals surface area contributed by atoms with E-state index in [1.54, 1.807) is 31.2 Å². The molecule has 7 nitrogen and oxygen atoms in total. The van der Waals surface area contributed by atoms with Gasteiger partial charge in [0.15, 0.2) is 0 Å². The van der Waals surface area contributed by atoms with Gasteiger partial charge in [-0.25, -0.2) is 4.79 Å². The van der Waals surface area contributed by atoms with Crippen molar-refractivity contribution < 1.29 is 23.9 Å². The largest absolute Gasteiger partial charge is 0.462 e. The highest BCUT2D eigenvalue weighted by Crippen LogP contribution is 2.19. The van der Waals surface area contributed by atoms with Gasteiger partial charge in [-0.1, -0.05) is 6.07 Å². The number of ether oxygens (including phenoxy) is 2. The summed E-state index contributed by atoms with van der Waals surface area (Å²) in [5.74, 6) is -0.959. The van der Waals surface area contributed by atoms with Crippen LogP contribution in [0.25, 0.3) is 0 Å². The SMILES string of the molecule is CCOC(=O)c1ccc(NC(=O)[C@@H]2COCC(=O)N2Cc2cccs2)cc1. The second-order valence-electron chi connectivity index (χ2n) is 5.92. The highest BCUT2D eigenvalue weighted by atomic mass is 32.1. The molecule has 0 aliphatic carbocycles. The Kier molecular flexibility index (Phi) is 6.20. The lowest BCUT2D eigenvalue weighted by molar-refractivity contribution is -0.153. The fourth-order valence-electron chi connectivity index (χ4n) is 2.72. The maximum Gasteiger partial charge on any atom is 0.338 e. The molecule has 8 heteroatoms. The van der Waals surface area contributed by atoms with E-state index in [2.05, 4.69) is 5.32 Å². The summed E-state index contributed by atoms with van der Waals surface area (Å²) < 4.78 is 10.2. The summed E-state index contributed by atoms with van der Waals surface area (Å²) in [5.41, 5.74) is 0.937. The van der Waals surface area contributed by atoms with Crippen molar-refractivity contribution in [3.05, 3.63) is 52.2 Å². The molecule has 2 aromatic rings. The smallest absolute Gasteiger partial charge is 0.338 e. The van der Waals surface area contributed by atoms with Gasteiger partial charge in [0.05, 0.1) is 25.3 Å². The van der Waals surface area contributed by atoms with E-state index in [4.69, 9.17) is 9.47 Å². The van der Waals surface area contributed by atoms with Gasteiger partial charge in [0.2, 0.25) is 11.8 Å². The van der Waals surface area contributed by atoms with Crippen LogP contribution in [0, 0.1) is 0 Å². The molecule has 1 aliphatic heterocycles. The molecule has 0 radical (unpaired) electrons. The molecule has 1 aromatic heterocycles. The van der Waals surface area contributed by atoms with Gasteiger partial charge in [-0.2, -0.15) is 0 Å². The summed E-state index contributed by atoms with van der Waals surface area (Å²) in [5, 5.41) is 4.71. The normalized spacial score (nSPS) is 16.9. The van der Waals surface area contributed by atoms with Gasteiger partial charge >= 0.3 is 5.97 Å². The molecule has 2 heterocycles. The summed E-state index contributed by atoms with van der Waals surface area (Å²) in [7, 11) is 0. The Balaban J connectivity index is 1.67. The van der Waals surface area contributed by atoms with E-state index >= 15 is 0 Å². The van der Waals surface area contributed by atoms with E-state index in [1.165, 1.54) is 16.2 Å². The van der Waals surface area contributed by atoms with Crippen LogP contribution in [0.2, 0.25) is 0 Å². The Hall–Kier alpha value is -2.71. The fraction of sp³-hybridized carbons (Fsp3) is 0.316. The van der Waals surface area contributed by atoms with Crippen molar-refractivity contribution in [2.24, 2.45) is 0 Å². The van der Waals surface area contributed by atoms with Crippen LogP contribution < -0.4 is 5.32 Å².